The van der Waals surface area contributed by atoms with E-state index in [9.17, 15) is 28.7 Å². The Hall–Kier alpha value is -3.57. The predicted octanol–water partition coefficient (Wildman–Crippen LogP) is 6.84. The topological polar surface area (TPSA) is 95.0 Å². The van der Waals surface area contributed by atoms with Crippen LogP contribution in [0.15, 0.2) is 66.2 Å². The number of fused-ring (bicyclic) bond motifs is 4. The zero-order valence-corrected chi connectivity index (χ0v) is 27.6. The summed E-state index contributed by atoms with van der Waals surface area (Å²) >= 11 is 8.25. The van der Waals surface area contributed by atoms with Gasteiger partial charge < -0.3 is 5.11 Å². The van der Waals surface area contributed by atoms with Gasteiger partial charge in [0.2, 0.25) is 23.6 Å². The molecule has 0 unspecified atom stereocenters. The Morgan fingerprint density at radius 3 is 2.18 bits per heavy atom. The van der Waals surface area contributed by atoms with Crippen LogP contribution < -0.4 is 9.80 Å². The highest BCUT2D eigenvalue weighted by atomic mass is 127. The van der Waals surface area contributed by atoms with Gasteiger partial charge >= 0.3 is 0 Å². The van der Waals surface area contributed by atoms with Gasteiger partial charge in [-0.25, -0.2) is 9.29 Å². The van der Waals surface area contributed by atoms with E-state index in [1.165, 1.54) is 17.0 Å². The number of hydrogen-bond donors (Lipinski definition) is 1. The van der Waals surface area contributed by atoms with Crippen molar-refractivity contribution in [2.24, 2.45) is 29.1 Å². The number of rotatable bonds is 3. The normalized spacial score (nSPS) is 29.1. The van der Waals surface area contributed by atoms with Gasteiger partial charge in [-0.2, -0.15) is 0 Å². The molecule has 7 rings (SSSR count). The number of aryl methyl sites for hydroxylation is 2. The lowest BCUT2D eigenvalue weighted by Crippen LogP contribution is -2.49. The minimum absolute atomic E-state index is 0.145. The van der Waals surface area contributed by atoms with Crippen LogP contribution in [0.3, 0.4) is 0 Å². The number of hydrogen-bond acceptors (Lipinski definition) is 5. The monoisotopic (exact) mass is 738 g/mol. The molecule has 2 heterocycles. The fourth-order valence-electron chi connectivity index (χ4n) is 8.27. The smallest absolute Gasteiger partial charge is 0.241 e. The molecule has 0 spiro atoms. The Kier molecular flexibility index (Phi) is 7.01. The van der Waals surface area contributed by atoms with Crippen LogP contribution in [0.4, 0.5) is 15.8 Å². The average Bonchev–Trinajstić information content (AvgIpc) is 3.37. The molecule has 0 radical (unpaired) electrons. The first kappa shape index (κ1) is 30.1. The number of imide groups is 2. The highest BCUT2D eigenvalue weighted by Gasteiger charge is 2.67. The lowest BCUT2D eigenvalue weighted by atomic mass is 9.51. The highest BCUT2D eigenvalue weighted by Crippen LogP contribution is 2.64. The largest absolute Gasteiger partial charge is 0.507 e. The Balaban J connectivity index is 1.38. The Morgan fingerprint density at radius 1 is 0.889 bits per heavy atom. The lowest BCUT2D eigenvalue weighted by Gasteiger charge is -2.49. The van der Waals surface area contributed by atoms with Gasteiger partial charge in [-0.15, -0.1) is 0 Å². The number of allylic oxidation sites excluding steroid dienone is 2. The van der Waals surface area contributed by atoms with E-state index in [1.807, 2.05) is 30.3 Å². The summed E-state index contributed by atoms with van der Waals surface area (Å²) in [6, 6.07) is 14.6. The van der Waals surface area contributed by atoms with Gasteiger partial charge in [0.15, 0.2) is 0 Å². The van der Waals surface area contributed by atoms with Crippen molar-refractivity contribution in [1.82, 2.24) is 0 Å². The fraction of sp³-hybridized carbons (Fsp3) is 0.314. The van der Waals surface area contributed by atoms with E-state index in [-0.39, 0.29) is 34.7 Å². The van der Waals surface area contributed by atoms with Gasteiger partial charge in [-0.1, -0.05) is 35.4 Å². The third-order valence-electron chi connectivity index (χ3n) is 10.4. The Labute approximate surface area is 278 Å². The van der Waals surface area contributed by atoms with Crippen LogP contribution in [0.25, 0.3) is 0 Å². The molecule has 1 N–H and O–H groups in total. The zero-order chi connectivity index (χ0) is 32.1. The summed E-state index contributed by atoms with van der Waals surface area (Å²) in [4.78, 5) is 59.2. The summed E-state index contributed by atoms with van der Waals surface area (Å²) in [6.07, 6.45) is 2.52. The minimum Gasteiger partial charge on any atom is -0.507 e. The molecule has 10 heteroatoms. The summed E-state index contributed by atoms with van der Waals surface area (Å²) in [6.45, 7) is 5.35. The van der Waals surface area contributed by atoms with E-state index in [4.69, 9.17) is 11.6 Å². The van der Waals surface area contributed by atoms with Crippen LogP contribution in [0.2, 0.25) is 5.02 Å². The van der Waals surface area contributed by atoms with Crippen molar-refractivity contribution in [3.05, 3.63) is 97.3 Å². The van der Waals surface area contributed by atoms with Crippen LogP contribution >= 0.6 is 34.2 Å². The second kappa shape index (κ2) is 10.5. The van der Waals surface area contributed by atoms with Crippen molar-refractivity contribution < 1.29 is 28.7 Å². The molecule has 1 saturated carbocycles. The van der Waals surface area contributed by atoms with Crippen molar-refractivity contribution in [1.29, 1.82) is 0 Å². The maximum Gasteiger partial charge on any atom is 0.241 e. The van der Waals surface area contributed by atoms with Crippen LogP contribution in [-0.2, 0) is 19.2 Å². The van der Waals surface area contributed by atoms with Gasteiger partial charge in [-0.3, -0.25) is 24.1 Å². The molecule has 4 aliphatic rings. The number of benzene rings is 3. The number of halogens is 3. The number of carbonyl (C=O) groups is 4. The number of anilines is 2. The number of phenolic OH excluding ortho intramolecular Hbond substituents is 1. The molecule has 7 nitrogen and oxygen atoms in total. The van der Waals surface area contributed by atoms with Crippen molar-refractivity contribution in [2.45, 2.75) is 39.5 Å². The molecular formula is C35H29ClFIN2O5. The number of carbonyl (C=O) groups excluding carboxylic acids is 4. The first-order valence-electron chi connectivity index (χ1n) is 14.8. The summed E-state index contributed by atoms with van der Waals surface area (Å²) in [5, 5.41) is 10.4. The van der Waals surface area contributed by atoms with Crippen molar-refractivity contribution in [3.63, 3.8) is 0 Å². The van der Waals surface area contributed by atoms with E-state index < -0.39 is 52.6 Å². The number of aromatic hydroxyl groups is 1. The standard InChI is InChI=1S/C35H29ClFIN2O5/c1-16-12-18(13-17(2)30(16)41)29-22-9-10-23-28(33(44)39(31(23)42)20-6-4-19(38)5-7-20)24(22)15-25-32(43)40(34(45)35(25,29)3)21-8-11-27(37)26(36)14-21/h4-9,11-14,23-25,28-29,41H,10,15H2,1-3H3/t23-,24+,25-,28-,29-,35+/m0/s1. The third-order valence-corrected chi connectivity index (χ3v) is 11.4. The molecule has 45 heavy (non-hydrogen) atoms. The molecule has 3 aromatic rings. The van der Waals surface area contributed by atoms with E-state index in [0.717, 1.165) is 25.7 Å². The quantitative estimate of drug-likeness (QED) is 0.181. The molecule has 0 bridgehead atoms. The van der Waals surface area contributed by atoms with Gasteiger partial charge in [0.25, 0.3) is 0 Å². The SMILES string of the molecule is Cc1cc([C@H]2C3=CC[C@@H]4C(=O)N(c5ccc(I)cc5)C(=O)[C@@H]4[C@@H]3C[C@H]3C(=O)N(c4ccc(F)c(Cl)c4)C(=O)[C@@]23C)cc(C)c1O. The molecular weight excluding hydrogens is 710 g/mol. The summed E-state index contributed by atoms with van der Waals surface area (Å²) < 4.78 is 15.1. The van der Waals surface area contributed by atoms with Crippen LogP contribution in [0.1, 0.15) is 42.4 Å². The van der Waals surface area contributed by atoms with Gasteiger partial charge in [-0.05, 0) is 121 Å². The van der Waals surface area contributed by atoms with E-state index in [1.54, 1.807) is 32.9 Å². The van der Waals surface area contributed by atoms with Crippen molar-refractivity contribution in [3.8, 4) is 5.75 Å². The van der Waals surface area contributed by atoms with Gasteiger partial charge in [0, 0.05) is 9.49 Å². The van der Waals surface area contributed by atoms with Crippen LogP contribution in [0.5, 0.6) is 5.75 Å². The molecule has 3 fully saturated rings. The fourth-order valence-corrected chi connectivity index (χ4v) is 8.80. The molecule has 3 aromatic carbocycles. The average molecular weight is 739 g/mol. The molecule has 2 aliphatic carbocycles. The number of amides is 4. The highest BCUT2D eigenvalue weighted by molar-refractivity contribution is 14.1. The Morgan fingerprint density at radius 2 is 1.53 bits per heavy atom. The van der Waals surface area contributed by atoms with Crippen molar-refractivity contribution >= 4 is 69.2 Å². The summed E-state index contributed by atoms with van der Waals surface area (Å²) in [5.74, 6) is -5.18. The van der Waals surface area contributed by atoms with E-state index in [2.05, 4.69) is 22.6 Å². The minimum atomic E-state index is -1.26. The van der Waals surface area contributed by atoms with Gasteiger partial charge in [0.1, 0.15) is 11.6 Å². The second-order valence-corrected chi connectivity index (χ2v) is 14.4. The maximum absolute atomic E-state index is 14.5. The van der Waals surface area contributed by atoms with Gasteiger partial charge in [0.05, 0.1) is 39.6 Å². The second-order valence-electron chi connectivity index (χ2n) is 12.8. The molecule has 2 aliphatic heterocycles. The van der Waals surface area contributed by atoms with Crippen molar-refractivity contribution in [2.75, 3.05) is 9.80 Å². The molecule has 4 amide bonds. The third kappa shape index (κ3) is 4.26. The first-order chi connectivity index (χ1) is 21.3. The summed E-state index contributed by atoms with van der Waals surface area (Å²) in [7, 11) is 0. The Bertz CT molecular complexity index is 1850. The number of phenols is 1. The number of nitrogens with zero attached hydrogens (tertiary/aromatic N) is 2. The zero-order valence-electron chi connectivity index (χ0n) is 24.7. The van der Waals surface area contributed by atoms with E-state index in [0.29, 0.717) is 23.2 Å². The summed E-state index contributed by atoms with van der Waals surface area (Å²) in [5.41, 5.74) is 2.27. The molecule has 230 valence electrons. The predicted molar refractivity (Wildman–Crippen MR) is 175 cm³/mol. The van der Waals surface area contributed by atoms with Crippen LogP contribution in [0, 0.1) is 52.3 Å². The molecule has 2 saturated heterocycles. The van der Waals surface area contributed by atoms with E-state index >= 15 is 0 Å². The first-order valence-corrected chi connectivity index (χ1v) is 16.3. The molecule has 0 aromatic heterocycles. The molecule has 6 atom stereocenters. The maximum atomic E-state index is 14.5. The lowest BCUT2D eigenvalue weighted by molar-refractivity contribution is -0.131. The van der Waals surface area contributed by atoms with Crippen LogP contribution in [-0.4, -0.2) is 28.7 Å².